The van der Waals surface area contributed by atoms with Gasteiger partial charge in [-0.25, -0.2) is 4.99 Å². The highest BCUT2D eigenvalue weighted by atomic mass is 32.1. The lowest BCUT2D eigenvalue weighted by Crippen LogP contribution is -2.39. The molecule has 0 saturated carbocycles. The fourth-order valence-electron chi connectivity index (χ4n) is 4.80. The van der Waals surface area contributed by atoms with E-state index >= 15 is 0 Å². The van der Waals surface area contributed by atoms with Crippen molar-refractivity contribution in [1.29, 1.82) is 0 Å². The number of methoxy groups -OCH3 is 1. The normalized spacial score (nSPS) is 15.6. The monoisotopic (exact) mass is 497 g/mol. The van der Waals surface area contributed by atoms with Crippen molar-refractivity contribution >= 4 is 39.7 Å². The predicted molar refractivity (Wildman–Crippen MR) is 146 cm³/mol. The molecule has 1 aliphatic rings. The largest absolute Gasteiger partial charge is 0.496 e. The van der Waals surface area contributed by atoms with Gasteiger partial charge in [-0.3, -0.25) is 14.2 Å². The average Bonchev–Trinajstić information content (AvgIpc) is 3.16. The van der Waals surface area contributed by atoms with Gasteiger partial charge in [0.1, 0.15) is 5.75 Å². The zero-order chi connectivity index (χ0) is 25.6. The third kappa shape index (κ3) is 3.95. The maximum absolute atomic E-state index is 13.9. The van der Waals surface area contributed by atoms with Gasteiger partial charge in [0.2, 0.25) is 0 Å². The molecule has 0 aliphatic carbocycles. The topological polar surface area (TPSA) is 63.9 Å². The second-order valence-corrected chi connectivity index (χ2v) is 10.0. The molecule has 4 aromatic rings. The van der Waals surface area contributed by atoms with E-state index in [0.717, 1.165) is 27.6 Å². The summed E-state index contributed by atoms with van der Waals surface area (Å²) < 4.78 is 7.98. The number of hydrogen-bond acceptors (Lipinski definition) is 6. The van der Waals surface area contributed by atoms with E-state index < -0.39 is 6.04 Å². The summed E-state index contributed by atoms with van der Waals surface area (Å²) in [5.74, 6) is 0.505. The van der Waals surface area contributed by atoms with Gasteiger partial charge < -0.3 is 9.64 Å². The Kier molecular flexibility index (Phi) is 6.10. The third-order valence-corrected chi connectivity index (χ3v) is 7.52. The summed E-state index contributed by atoms with van der Waals surface area (Å²) in [5, 5.41) is 1.94. The van der Waals surface area contributed by atoms with E-state index in [9.17, 15) is 9.59 Å². The average molecular weight is 498 g/mol. The zero-order valence-electron chi connectivity index (χ0n) is 20.9. The first-order chi connectivity index (χ1) is 17.3. The van der Waals surface area contributed by atoms with E-state index in [0.29, 0.717) is 26.4 Å². The molecule has 182 valence electrons. The van der Waals surface area contributed by atoms with Crippen molar-refractivity contribution in [2.75, 3.05) is 26.1 Å². The van der Waals surface area contributed by atoms with E-state index in [2.05, 4.69) is 0 Å². The van der Waals surface area contributed by atoms with E-state index in [1.54, 1.807) is 11.7 Å². The van der Waals surface area contributed by atoms with Crippen LogP contribution in [0, 0.1) is 0 Å². The minimum atomic E-state index is -0.641. The highest BCUT2D eigenvalue weighted by molar-refractivity contribution is 7.07. The molecule has 36 heavy (non-hydrogen) atoms. The second-order valence-electron chi connectivity index (χ2n) is 9.03. The van der Waals surface area contributed by atoms with Crippen LogP contribution in [0.5, 0.6) is 5.75 Å². The number of ketones is 1. The van der Waals surface area contributed by atoms with Crippen molar-refractivity contribution in [3.63, 3.8) is 0 Å². The van der Waals surface area contributed by atoms with Crippen LogP contribution in [-0.2, 0) is 4.79 Å². The number of fused-ring (bicyclic) bond motifs is 2. The molecule has 0 saturated heterocycles. The van der Waals surface area contributed by atoms with Gasteiger partial charge in [0.05, 0.1) is 17.7 Å². The fraction of sp³-hybridized carbons (Fsp3) is 0.207. The Bertz CT molecular complexity index is 1710. The van der Waals surface area contributed by atoms with Crippen LogP contribution in [0.3, 0.4) is 0 Å². The molecule has 1 unspecified atom stereocenters. The predicted octanol–water partition coefficient (Wildman–Crippen LogP) is 4.05. The van der Waals surface area contributed by atoms with Crippen LogP contribution in [-0.4, -0.2) is 31.6 Å². The Morgan fingerprint density at radius 3 is 2.47 bits per heavy atom. The Morgan fingerprint density at radius 1 is 1.08 bits per heavy atom. The first-order valence-electron chi connectivity index (χ1n) is 11.7. The lowest BCUT2D eigenvalue weighted by molar-refractivity contribution is -0.114. The highest BCUT2D eigenvalue weighted by Crippen LogP contribution is 2.40. The van der Waals surface area contributed by atoms with Gasteiger partial charge in [-0.05, 0) is 54.5 Å². The number of ether oxygens (including phenoxy) is 1. The number of Topliss-reactive ketones (excluding diaryl/α,β-unsaturated/α-hetero) is 1. The first-order valence-corrected chi connectivity index (χ1v) is 12.5. The number of allylic oxidation sites excluding steroid dienone is 2. The number of anilines is 1. The van der Waals surface area contributed by atoms with Crippen LogP contribution in [0.2, 0.25) is 0 Å². The maximum Gasteiger partial charge on any atom is 0.271 e. The SMILES string of the molecule is COc1ccc2ccccc2c1C1C(C(C)=O)=C(C)N=c2s/c(=C\c3ccc(N(C)C)cc3)c(=O)n21. The van der Waals surface area contributed by atoms with Crippen molar-refractivity contribution in [1.82, 2.24) is 4.57 Å². The molecule has 6 nitrogen and oxygen atoms in total. The van der Waals surface area contributed by atoms with Crippen molar-refractivity contribution in [3.05, 3.63) is 103 Å². The number of rotatable bonds is 5. The maximum atomic E-state index is 13.9. The number of carbonyl (C=O) groups excluding carboxylic acids is 1. The molecule has 0 amide bonds. The van der Waals surface area contributed by atoms with Crippen molar-refractivity contribution in [2.24, 2.45) is 4.99 Å². The van der Waals surface area contributed by atoms with E-state index in [-0.39, 0.29) is 11.3 Å². The summed E-state index contributed by atoms with van der Waals surface area (Å²) >= 11 is 1.33. The molecule has 2 heterocycles. The van der Waals surface area contributed by atoms with Crippen LogP contribution in [0.1, 0.15) is 31.0 Å². The van der Waals surface area contributed by atoms with Gasteiger partial charge in [0.15, 0.2) is 10.6 Å². The van der Waals surface area contributed by atoms with Gasteiger partial charge in [0.25, 0.3) is 5.56 Å². The molecule has 0 fully saturated rings. The van der Waals surface area contributed by atoms with Gasteiger partial charge in [-0.15, -0.1) is 0 Å². The Labute approximate surface area is 213 Å². The lowest BCUT2D eigenvalue weighted by atomic mass is 9.89. The molecule has 0 radical (unpaired) electrons. The minimum Gasteiger partial charge on any atom is -0.496 e. The van der Waals surface area contributed by atoms with Gasteiger partial charge in [-0.2, -0.15) is 0 Å². The smallest absolute Gasteiger partial charge is 0.271 e. The quantitative estimate of drug-likeness (QED) is 0.417. The molecular weight excluding hydrogens is 470 g/mol. The highest BCUT2D eigenvalue weighted by Gasteiger charge is 2.33. The Hall–Kier alpha value is -3.97. The molecule has 0 N–H and O–H groups in total. The minimum absolute atomic E-state index is 0.121. The molecule has 1 aromatic heterocycles. The molecular formula is C29H27N3O3S. The molecule has 5 rings (SSSR count). The van der Waals surface area contributed by atoms with E-state index in [1.807, 2.05) is 92.7 Å². The molecule has 1 atom stereocenters. The molecule has 7 heteroatoms. The van der Waals surface area contributed by atoms with Gasteiger partial charge in [-0.1, -0.05) is 53.8 Å². The lowest BCUT2D eigenvalue weighted by Gasteiger charge is -2.27. The zero-order valence-corrected chi connectivity index (χ0v) is 21.7. The number of nitrogens with zero attached hydrogens (tertiary/aromatic N) is 3. The standard InChI is InChI=1S/C29H27N3O3S/c1-17-25(18(2)33)27(26-22-9-7-6-8-20(22)12-15-23(26)35-5)32-28(34)24(36-29(32)30-17)16-19-10-13-21(14-11-19)31(3)4/h6-16,27H,1-5H3/b24-16-. The van der Waals surface area contributed by atoms with Gasteiger partial charge in [0, 0.05) is 36.6 Å². The third-order valence-electron chi connectivity index (χ3n) is 6.53. The number of hydrogen-bond donors (Lipinski definition) is 0. The number of benzene rings is 3. The molecule has 0 bridgehead atoms. The first kappa shape index (κ1) is 23.8. The molecule has 1 aliphatic heterocycles. The van der Waals surface area contributed by atoms with Crippen LogP contribution in [0.4, 0.5) is 5.69 Å². The van der Waals surface area contributed by atoms with E-state index in [4.69, 9.17) is 9.73 Å². The van der Waals surface area contributed by atoms with Crippen molar-refractivity contribution < 1.29 is 9.53 Å². The van der Waals surface area contributed by atoms with Crippen LogP contribution in [0.25, 0.3) is 16.8 Å². The second kappa shape index (κ2) is 9.24. The van der Waals surface area contributed by atoms with Gasteiger partial charge >= 0.3 is 0 Å². The van der Waals surface area contributed by atoms with Crippen LogP contribution < -0.4 is 24.5 Å². The van der Waals surface area contributed by atoms with Crippen LogP contribution in [0.15, 0.2) is 81.7 Å². The summed E-state index contributed by atoms with van der Waals surface area (Å²) in [5.41, 5.74) is 3.73. The number of thiazole rings is 1. The summed E-state index contributed by atoms with van der Waals surface area (Å²) in [4.78, 5) is 34.1. The molecule has 0 spiro atoms. The Morgan fingerprint density at radius 2 is 1.81 bits per heavy atom. The Balaban J connectivity index is 1.80. The van der Waals surface area contributed by atoms with Crippen molar-refractivity contribution in [3.8, 4) is 5.75 Å². The summed E-state index contributed by atoms with van der Waals surface area (Å²) in [6, 6.07) is 19.2. The number of carbonyl (C=O) groups is 1. The summed E-state index contributed by atoms with van der Waals surface area (Å²) in [7, 11) is 5.59. The van der Waals surface area contributed by atoms with Crippen LogP contribution >= 0.6 is 11.3 Å². The molecule has 3 aromatic carbocycles. The van der Waals surface area contributed by atoms with Crippen molar-refractivity contribution in [2.45, 2.75) is 19.9 Å². The van der Waals surface area contributed by atoms with E-state index in [1.165, 1.54) is 18.3 Å². The number of aromatic nitrogens is 1. The summed E-state index contributed by atoms with van der Waals surface area (Å²) in [6.07, 6.45) is 1.88. The summed E-state index contributed by atoms with van der Waals surface area (Å²) in [6.45, 7) is 3.36. The fourth-order valence-corrected chi connectivity index (χ4v) is 5.85.